The average Bonchev–Trinajstić information content (AvgIpc) is 2.69. The van der Waals surface area contributed by atoms with Gasteiger partial charge in [-0.15, -0.1) is 0 Å². The number of benzene rings is 2. The summed E-state index contributed by atoms with van der Waals surface area (Å²) in [5, 5.41) is 10.2. The first-order valence-electron chi connectivity index (χ1n) is 9.48. The summed E-state index contributed by atoms with van der Waals surface area (Å²) >= 11 is 5.92. The van der Waals surface area contributed by atoms with E-state index in [1.54, 1.807) is 12.1 Å². The van der Waals surface area contributed by atoms with Gasteiger partial charge in [0.05, 0.1) is 13.2 Å². The number of Topliss-reactive ketones (excluding diaryl/α,β-unsaturated/α-hetero) is 1. The molecule has 1 atom stereocenters. The maximum atomic E-state index is 12.8. The van der Waals surface area contributed by atoms with Gasteiger partial charge in [-0.05, 0) is 68.3 Å². The van der Waals surface area contributed by atoms with Crippen molar-refractivity contribution < 1.29 is 14.6 Å². The minimum Gasteiger partial charge on any atom is -0.494 e. The van der Waals surface area contributed by atoms with E-state index >= 15 is 0 Å². The van der Waals surface area contributed by atoms with Crippen molar-refractivity contribution in [3.63, 3.8) is 0 Å². The molecule has 144 valence electrons. The first-order chi connectivity index (χ1) is 13.1. The summed E-state index contributed by atoms with van der Waals surface area (Å²) < 4.78 is 5.55. The fourth-order valence-corrected chi connectivity index (χ4v) is 3.80. The molecule has 1 heterocycles. The van der Waals surface area contributed by atoms with Crippen LogP contribution in [0.2, 0.25) is 5.02 Å². The zero-order chi connectivity index (χ0) is 19.2. The SMILES string of the molecule is CCOc1ccc(CN2CCC[C@H](C(=O)c3ccc(Cl)cc3)C2)cc1CO. The molecule has 2 aromatic rings. The molecule has 0 saturated carbocycles. The number of piperidine rings is 1. The summed E-state index contributed by atoms with van der Waals surface area (Å²) in [4.78, 5) is 15.1. The number of nitrogens with zero attached hydrogens (tertiary/aromatic N) is 1. The highest BCUT2D eigenvalue weighted by Crippen LogP contribution is 2.25. The number of carbonyl (C=O) groups is 1. The Labute approximate surface area is 165 Å². The van der Waals surface area contributed by atoms with Crippen LogP contribution in [0.4, 0.5) is 0 Å². The van der Waals surface area contributed by atoms with Crippen LogP contribution in [0, 0.1) is 5.92 Å². The summed E-state index contributed by atoms with van der Waals surface area (Å²) in [7, 11) is 0. The lowest BCUT2D eigenvalue weighted by Gasteiger charge is -2.32. The summed E-state index contributed by atoms with van der Waals surface area (Å²) in [5.74, 6) is 0.942. The number of hydrogen-bond donors (Lipinski definition) is 1. The third-order valence-corrected chi connectivity index (χ3v) is 5.26. The zero-order valence-electron chi connectivity index (χ0n) is 15.7. The van der Waals surface area contributed by atoms with E-state index in [9.17, 15) is 9.90 Å². The Kier molecular flexibility index (Phi) is 6.89. The van der Waals surface area contributed by atoms with Crippen molar-refractivity contribution in [2.24, 2.45) is 5.92 Å². The van der Waals surface area contributed by atoms with E-state index in [0.717, 1.165) is 54.9 Å². The number of halogens is 1. The number of carbonyl (C=O) groups excluding carboxylic acids is 1. The van der Waals surface area contributed by atoms with Crippen molar-refractivity contribution in [2.45, 2.75) is 32.9 Å². The molecule has 2 aromatic carbocycles. The predicted molar refractivity (Wildman–Crippen MR) is 107 cm³/mol. The molecule has 5 heteroatoms. The molecule has 1 fully saturated rings. The number of rotatable bonds is 7. The van der Waals surface area contributed by atoms with Gasteiger partial charge >= 0.3 is 0 Å². The van der Waals surface area contributed by atoms with E-state index in [1.807, 2.05) is 37.3 Å². The number of hydrogen-bond acceptors (Lipinski definition) is 4. The first-order valence-corrected chi connectivity index (χ1v) is 9.86. The lowest BCUT2D eigenvalue weighted by Crippen LogP contribution is -2.38. The highest BCUT2D eigenvalue weighted by Gasteiger charge is 2.26. The summed E-state index contributed by atoms with van der Waals surface area (Å²) in [5.41, 5.74) is 2.66. The van der Waals surface area contributed by atoms with Crippen molar-refractivity contribution in [3.05, 3.63) is 64.2 Å². The second-order valence-electron chi connectivity index (χ2n) is 6.98. The fraction of sp³-hybridized carbons (Fsp3) is 0.409. The largest absolute Gasteiger partial charge is 0.494 e. The van der Waals surface area contributed by atoms with Crippen molar-refractivity contribution in [3.8, 4) is 5.75 Å². The number of likely N-dealkylation sites (tertiary alicyclic amines) is 1. The molecule has 0 amide bonds. The second-order valence-corrected chi connectivity index (χ2v) is 7.42. The maximum Gasteiger partial charge on any atom is 0.167 e. The van der Waals surface area contributed by atoms with Gasteiger partial charge in [0.2, 0.25) is 0 Å². The van der Waals surface area contributed by atoms with Crippen LogP contribution in [-0.2, 0) is 13.2 Å². The molecule has 27 heavy (non-hydrogen) atoms. The van der Waals surface area contributed by atoms with Crippen molar-refractivity contribution in [2.75, 3.05) is 19.7 Å². The van der Waals surface area contributed by atoms with Gasteiger partial charge in [-0.1, -0.05) is 17.7 Å². The summed E-state index contributed by atoms with van der Waals surface area (Å²) in [6.07, 6.45) is 1.93. The Morgan fingerprint density at radius 1 is 1.26 bits per heavy atom. The Balaban J connectivity index is 1.66. The fourth-order valence-electron chi connectivity index (χ4n) is 3.67. The van der Waals surface area contributed by atoms with Gasteiger partial charge in [0.25, 0.3) is 0 Å². The Morgan fingerprint density at radius 3 is 2.74 bits per heavy atom. The molecule has 0 unspecified atom stereocenters. The van der Waals surface area contributed by atoms with Crippen LogP contribution >= 0.6 is 11.6 Å². The smallest absolute Gasteiger partial charge is 0.167 e. The highest BCUT2D eigenvalue weighted by molar-refractivity contribution is 6.30. The minimum atomic E-state index is -0.0408. The molecule has 4 nitrogen and oxygen atoms in total. The Morgan fingerprint density at radius 2 is 2.04 bits per heavy atom. The van der Waals surface area contributed by atoms with Gasteiger partial charge in [0.1, 0.15) is 5.75 Å². The number of aliphatic hydroxyl groups is 1. The zero-order valence-corrected chi connectivity index (χ0v) is 16.4. The topological polar surface area (TPSA) is 49.8 Å². The normalized spacial score (nSPS) is 17.7. The summed E-state index contributed by atoms with van der Waals surface area (Å²) in [6, 6.07) is 13.1. The lowest BCUT2D eigenvalue weighted by molar-refractivity contribution is 0.0811. The molecule has 0 aliphatic carbocycles. The van der Waals surface area contributed by atoms with Crippen LogP contribution in [0.5, 0.6) is 5.75 Å². The third kappa shape index (κ3) is 5.10. The van der Waals surface area contributed by atoms with Gasteiger partial charge < -0.3 is 9.84 Å². The molecule has 0 spiro atoms. The maximum absolute atomic E-state index is 12.8. The van der Waals surface area contributed by atoms with Crippen LogP contribution in [-0.4, -0.2) is 35.5 Å². The molecule has 1 aliphatic heterocycles. The Hall–Kier alpha value is -1.88. The van der Waals surface area contributed by atoms with Gasteiger partial charge in [0.15, 0.2) is 5.78 Å². The number of ketones is 1. The molecule has 1 N–H and O–H groups in total. The molecule has 1 saturated heterocycles. The molecule has 0 bridgehead atoms. The van der Waals surface area contributed by atoms with E-state index in [1.165, 1.54) is 0 Å². The van der Waals surface area contributed by atoms with Crippen molar-refractivity contribution in [1.29, 1.82) is 0 Å². The van der Waals surface area contributed by atoms with Crippen molar-refractivity contribution in [1.82, 2.24) is 4.90 Å². The molecule has 0 radical (unpaired) electrons. The predicted octanol–water partition coefficient (Wildman–Crippen LogP) is 4.33. The first kappa shape index (κ1) is 19.9. The quantitative estimate of drug-likeness (QED) is 0.718. The monoisotopic (exact) mass is 387 g/mol. The molecular weight excluding hydrogens is 362 g/mol. The summed E-state index contributed by atoms with van der Waals surface area (Å²) in [6.45, 7) is 4.97. The van der Waals surface area contributed by atoms with Gasteiger partial charge in [0, 0.05) is 35.2 Å². The van der Waals surface area contributed by atoms with E-state index in [-0.39, 0.29) is 18.3 Å². The van der Waals surface area contributed by atoms with Gasteiger partial charge in [-0.2, -0.15) is 0 Å². The van der Waals surface area contributed by atoms with Gasteiger partial charge in [-0.25, -0.2) is 0 Å². The lowest BCUT2D eigenvalue weighted by atomic mass is 9.90. The van der Waals surface area contributed by atoms with Gasteiger partial charge in [-0.3, -0.25) is 9.69 Å². The third-order valence-electron chi connectivity index (χ3n) is 5.01. The van der Waals surface area contributed by atoms with Crippen molar-refractivity contribution >= 4 is 17.4 Å². The average molecular weight is 388 g/mol. The van der Waals surface area contributed by atoms with Crippen LogP contribution in [0.25, 0.3) is 0 Å². The second kappa shape index (κ2) is 9.36. The molecule has 1 aliphatic rings. The van der Waals surface area contributed by atoms with E-state index in [2.05, 4.69) is 4.90 Å². The Bertz CT molecular complexity index is 776. The number of aliphatic hydroxyl groups excluding tert-OH is 1. The minimum absolute atomic E-state index is 0.0138. The van der Waals surface area contributed by atoms with E-state index in [4.69, 9.17) is 16.3 Å². The molecule has 3 rings (SSSR count). The van der Waals surface area contributed by atoms with Crippen LogP contribution < -0.4 is 4.74 Å². The molecular formula is C22H26ClNO3. The standard InChI is InChI=1S/C22H26ClNO3/c1-2-27-21-10-5-16(12-19(21)15-25)13-24-11-3-4-18(14-24)22(26)17-6-8-20(23)9-7-17/h5-10,12,18,25H,2-4,11,13-15H2,1H3/t18-/m0/s1. The molecule has 0 aromatic heterocycles. The number of ether oxygens (including phenoxy) is 1. The van der Waals surface area contributed by atoms with Crippen LogP contribution in [0.3, 0.4) is 0 Å². The highest BCUT2D eigenvalue weighted by atomic mass is 35.5. The van der Waals surface area contributed by atoms with E-state index < -0.39 is 0 Å². The van der Waals surface area contributed by atoms with Crippen LogP contribution in [0.1, 0.15) is 41.3 Å². The van der Waals surface area contributed by atoms with E-state index in [0.29, 0.717) is 11.6 Å². The van der Waals surface area contributed by atoms with Crippen LogP contribution in [0.15, 0.2) is 42.5 Å².